The fourth-order valence-electron chi connectivity index (χ4n) is 4.05. The molecule has 3 aliphatic rings. The van der Waals surface area contributed by atoms with E-state index in [0.717, 1.165) is 5.57 Å². The Morgan fingerprint density at radius 2 is 2.17 bits per heavy atom. The predicted molar refractivity (Wildman–Crippen MR) is 80.4 cm³/mol. The topological polar surface area (TPSA) is 85.4 Å². The van der Waals surface area contributed by atoms with E-state index in [-0.39, 0.29) is 29.9 Å². The van der Waals surface area contributed by atoms with Crippen molar-refractivity contribution in [3.8, 4) is 0 Å². The van der Waals surface area contributed by atoms with Crippen LogP contribution in [0.1, 0.15) is 40.5 Å². The Labute approximate surface area is 135 Å². The van der Waals surface area contributed by atoms with Crippen molar-refractivity contribution >= 4 is 11.9 Å². The highest BCUT2D eigenvalue weighted by Crippen LogP contribution is 2.50. The van der Waals surface area contributed by atoms with Gasteiger partial charge in [-0.25, -0.2) is 0 Å². The van der Waals surface area contributed by atoms with Crippen LogP contribution in [0.2, 0.25) is 0 Å². The Balaban J connectivity index is 1.97. The smallest absolute Gasteiger partial charge is 0.309 e. The first-order chi connectivity index (χ1) is 10.7. The lowest BCUT2D eigenvalue weighted by atomic mass is 9.79. The molecule has 0 aromatic rings. The van der Waals surface area contributed by atoms with Gasteiger partial charge in [0.1, 0.15) is 18.3 Å². The van der Waals surface area contributed by atoms with Gasteiger partial charge in [-0.05, 0) is 13.8 Å². The van der Waals surface area contributed by atoms with Crippen LogP contribution in [0.4, 0.5) is 0 Å². The van der Waals surface area contributed by atoms with Gasteiger partial charge in [-0.2, -0.15) is 0 Å². The fourth-order valence-corrected chi connectivity index (χ4v) is 4.05. The molecule has 1 N–H and O–H groups in total. The number of aliphatic hydroxyl groups excluding tert-OH is 1. The first-order valence-corrected chi connectivity index (χ1v) is 8.12. The number of carbonyl (C=O) groups is 2. The molecule has 0 amide bonds. The molecule has 0 bridgehead atoms. The van der Waals surface area contributed by atoms with Crippen molar-refractivity contribution < 1.29 is 28.9 Å². The molecule has 2 saturated heterocycles. The Morgan fingerprint density at radius 1 is 1.48 bits per heavy atom. The lowest BCUT2D eigenvalue weighted by Crippen LogP contribution is -2.40. The lowest BCUT2D eigenvalue weighted by molar-refractivity contribution is -0.151. The zero-order chi connectivity index (χ0) is 16.9. The van der Waals surface area contributed by atoms with Gasteiger partial charge in [0.2, 0.25) is 0 Å². The van der Waals surface area contributed by atoms with Crippen molar-refractivity contribution in [3.05, 3.63) is 11.6 Å². The molecule has 0 unspecified atom stereocenters. The summed E-state index contributed by atoms with van der Waals surface area (Å²) >= 11 is 0. The van der Waals surface area contributed by atoms with E-state index in [4.69, 9.17) is 14.2 Å². The van der Waals surface area contributed by atoms with Crippen molar-refractivity contribution in [3.63, 3.8) is 0 Å². The second kappa shape index (κ2) is 5.60. The maximum absolute atomic E-state index is 12.1. The van der Waals surface area contributed by atoms with Gasteiger partial charge in [0.25, 0.3) is 0 Å². The van der Waals surface area contributed by atoms with Crippen molar-refractivity contribution in [1.82, 2.24) is 0 Å². The molecule has 0 aromatic carbocycles. The van der Waals surface area contributed by atoms with Gasteiger partial charge in [-0.1, -0.05) is 18.6 Å². The van der Waals surface area contributed by atoms with E-state index in [1.165, 1.54) is 6.92 Å². The average Bonchev–Trinajstić information content (AvgIpc) is 2.96. The van der Waals surface area contributed by atoms with Crippen LogP contribution in [0.15, 0.2) is 11.6 Å². The summed E-state index contributed by atoms with van der Waals surface area (Å²) < 4.78 is 16.9. The maximum Gasteiger partial charge on any atom is 0.309 e. The summed E-state index contributed by atoms with van der Waals surface area (Å²) in [6, 6.07) is 0. The van der Waals surface area contributed by atoms with E-state index in [9.17, 15) is 14.7 Å². The number of carbonyl (C=O) groups excluding carboxylic acids is 2. The van der Waals surface area contributed by atoms with Crippen LogP contribution in [-0.2, 0) is 23.8 Å². The number of fused-ring (bicyclic) bond motifs is 3. The van der Waals surface area contributed by atoms with Gasteiger partial charge in [0.05, 0.1) is 17.6 Å². The molecule has 0 radical (unpaired) electrons. The molecule has 0 spiro atoms. The van der Waals surface area contributed by atoms with E-state index in [0.29, 0.717) is 12.8 Å². The molecule has 2 aliphatic heterocycles. The van der Waals surface area contributed by atoms with Crippen molar-refractivity contribution in [2.24, 2.45) is 11.8 Å². The standard InChI is InChI=1S/C17H24O6/c1-8-5-11(19)7-17(4)15(23-17)14-13(9(2)16(20)22-14)12(6-8)21-10(3)18/h5,9,11-15,19H,6-7H2,1-4H3/b8-5+/t9-,11+,12-,13+,14-,15-,17+/m0/s1. The predicted octanol–water partition coefficient (Wildman–Crippen LogP) is 1.35. The molecule has 2 fully saturated rings. The van der Waals surface area contributed by atoms with Gasteiger partial charge in [0.15, 0.2) is 0 Å². The summed E-state index contributed by atoms with van der Waals surface area (Å²) in [5.74, 6) is -1.26. The highest BCUT2D eigenvalue weighted by Gasteiger charge is 2.64. The van der Waals surface area contributed by atoms with E-state index in [1.54, 1.807) is 6.08 Å². The number of esters is 2. The van der Waals surface area contributed by atoms with E-state index >= 15 is 0 Å². The number of ether oxygens (including phenoxy) is 3. The highest BCUT2D eigenvalue weighted by molar-refractivity contribution is 5.75. The Morgan fingerprint density at radius 3 is 2.83 bits per heavy atom. The minimum absolute atomic E-state index is 0.239. The van der Waals surface area contributed by atoms with Crippen LogP contribution in [0, 0.1) is 11.8 Å². The third kappa shape index (κ3) is 3.02. The summed E-state index contributed by atoms with van der Waals surface area (Å²) in [5.41, 5.74) is 0.415. The minimum Gasteiger partial charge on any atom is -0.462 e. The van der Waals surface area contributed by atoms with Gasteiger partial charge >= 0.3 is 11.9 Å². The van der Waals surface area contributed by atoms with E-state index in [2.05, 4.69) is 0 Å². The fraction of sp³-hybridized carbons (Fsp3) is 0.765. The second-order valence-electron chi connectivity index (χ2n) is 7.26. The summed E-state index contributed by atoms with van der Waals surface area (Å²) in [7, 11) is 0. The third-order valence-corrected chi connectivity index (χ3v) is 5.18. The van der Waals surface area contributed by atoms with Crippen LogP contribution < -0.4 is 0 Å². The Kier molecular flexibility index (Phi) is 4.01. The quantitative estimate of drug-likeness (QED) is 0.445. The molecule has 3 rings (SSSR count). The van der Waals surface area contributed by atoms with E-state index < -0.39 is 23.9 Å². The molecule has 128 valence electrons. The van der Waals surface area contributed by atoms with Crippen LogP contribution >= 0.6 is 0 Å². The summed E-state index contributed by atoms with van der Waals surface area (Å²) in [4.78, 5) is 23.6. The summed E-state index contributed by atoms with van der Waals surface area (Å²) in [5, 5.41) is 10.2. The average molecular weight is 324 g/mol. The maximum atomic E-state index is 12.1. The molecular weight excluding hydrogens is 300 g/mol. The third-order valence-electron chi connectivity index (χ3n) is 5.18. The first kappa shape index (κ1) is 16.5. The number of epoxide rings is 1. The molecule has 2 heterocycles. The van der Waals surface area contributed by atoms with Gasteiger partial charge in [-0.3, -0.25) is 9.59 Å². The Bertz CT molecular complexity index is 555. The number of hydrogen-bond acceptors (Lipinski definition) is 6. The van der Waals surface area contributed by atoms with Gasteiger partial charge in [0, 0.05) is 25.7 Å². The molecule has 7 atom stereocenters. The van der Waals surface area contributed by atoms with E-state index in [1.807, 2.05) is 20.8 Å². The molecule has 6 heteroatoms. The highest BCUT2D eigenvalue weighted by atomic mass is 16.7. The minimum atomic E-state index is -0.631. The summed E-state index contributed by atoms with van der Waals surface area (Å²) in [6.07, 6.45) is 0.919. The number of aliphatic hydroxyl groups is 1. The van der Waals surface area contributed by atoms with Crippen molar-refractivity contribution in [1.29, 1.82) is 0 Å². The molecule has 1 aliphatic carbocycles. The van der Waals surface area contributed by atoms with Crippen LogP contribution in [0.3, 0.4) is 0 Å². The lowest BCUT2D eigenvalue weighted by Gasteiger charge is -2.29. The van der Waals surface area contributed by atoms with Crippen LogP contribution in [-0.4, -0.2) is 47.1 Å². The second-order valence-corrected chi connectivity index (χ2v) is 7.26. The first-order valence-electron chi connectivity index (χ1n) is 8.12. The summed E-state index contributed by atoms with van der Waals surface area (Å²) in [6.45, 7) is 6.98. The largest absolute Gasteiger partial charge is 0.462 e. The SMILES string of the molecule is CC(=O)O[C@H]1C/C(C)=C/[C@@H](O)C[C@@]2(C)O[C@H]2[C@H]2OC(=O)[C@@H](C)[C@@H]21. The number of rotatable bonds is 1. The normalized spacial score (nSPS) is 48.4. The molecule has 23 heavy (non-hydrogen) atoms. The molecule has 0 saturated carbocycles. The zero-order valence-corrected chi connectivity index (χ0v) is 13.9. The number of hydrogen-bond donors (Lipinski definition) is 1. The van der Waals surface area contributed by atoms with Gasteiger partial charge in [-0.15, -0.1) is 0 Å². The van der Waals surface area contributed by atoms with Crippen LogP contribution in [0.25, 0.3) is 0 Å². The molecule has 6 nitrogen and oxygen atoms in total. The zero-order valence-electron chi connectivity index (χ0n) is 13.9. The van der Waals surface area contributed by atoms with Crippen molar-refractivity contribution in [2.45, 2.75) is 70.6 Å². The molecular formula is C17H24O6. The van der Waals surface area contributed by atoms with Crippen molar-refractivity contribution in [2.75, 3.05) is 0 Å². The monoisotopic (exact) mass is 324 g/mol. The van der Waals surface area contributed by atoms with Gasteiger partial charge < -0.3 is 19.3 Å². The Hall–Kier alpha value is -1.40. The molecule has 0 aromatic heterocycles. The van der Waals surface area contributed by atoms with Crippen LogP contribution in [0.5, 0.6) is 0 Å².